The molecule has 0 saturated heterocycles. The molecular formula is C20H23N3OS. The summed E-state index contributed by atoms with van der Waals surface area (Å²) in [5, 5.41) is 0. The van der Waals surface area contributed by atoms with Crippen molar-refractivity contribution in [2.75, 3.05) is 0 Å². The van der Waals surface area contributed by atoms with Gasteiger partial charge in [-0.25, -0.2) is 4.98 Å². The normalized spacial score (nSPS) is 14.0. The van der Waals surface area contributed by atoms with Crippen LogP contribution in [0.2, 0.25) is 0 Å². The fourth-order valence-corrected chi connectivity index (χ4v) is 3.39. The zero-order valence-corrected chi connectivity index (χ0v) is 15.8. The number of hydrogen-bond donors (Lipinski definition) is 0. The largest absolute Gasteiger partial charge is 0.372 e. The van der Waals surface area contributed by atoms with Crippen molar-refractivity contribution in [3.05, 3.63) is 60.0 Å². The van der Waals surface area contributed by atoms with Crippen molar-refractivity contribution in [2.45, 2.75) is 39.9 Å². The lowest BCUT2D eigenvalue weighted by molar-refractivity contribution is 0.0461. The highest BCUT2D eigenvalue weighted by Gasteiger charge is 2.09. The van der Waals surface area contributed by atoms with Gasteiger partial charge in [0.05, 0.1) is 34.5 Å². The minimum Gasteiger partial charge on any atom is -0.372 e. The van der Waals surface area contributed by atoms with Crippen LogP contribution in [0.5, 0.6) is 0 Å². The van der Waals surface area contributed by atoms with Crippen molar-refractivity contribution in [3.63, 3.8) is 0 Å². The van der Waals surface area contributed by atoms with E-state index in [4.69, 9.17) is 4.74 Å². The van der Waals surface area contributed by atoms with Crippen LogP contribution in [0.15, 0.2) is 54.5 Å². The molecule has 4 nitrogen and oxygen atoms in total. The van der Waals surface area contributed by atoms with Crippen LogP contribution in [0.4, 0.5) is 0 Å². The number of ether oxygens (including phenoxy) is 1. The Hall–Kier alpha value is -2.24. The summed E-state index contributed by atoms with van der Waals surface area (Å²) in [4.78, 5) is 9.82. The van der Waals surface area contributed by atoms with E-state index in [-0.39, 0.29) is 12.2 Å². The fourth-order valence-electron chi connectivity index (χ4n) is 2.76. The van der Waals surface area contributed by atoms with Gasteiger partial charge in [0.1, 0.15) is 5.65 Å². The summed E-state index contributed by atoms with van der Waals surface area (Å²) in [5.41, 5.74) is 6.14. The molecule has 0 saturated carbocycles. The van der Waals surface area contributed by atoms with E-state index in [1.165, 1.54) is 0 Å². The maximum absolute atomic E-state index is 5.76. The van der Waals surface area contributed by atoms with Crippen LogP contribution < -0.4 is 0 Å². The van der Waals surface area contributed by atoms with Gasteiger partial charge in [-0.15, -0.1) is 11.3 Å². The first-order valence-electron chi connectivity index (χ1n) is 8.44. The summed E-state index contributed by atoms with van der Waals surface area (Å²) in [6, 6.07) is 4.23. The summed E-state index contributed by atoms with van der Waals surface area (Å²) < 4.78 is 7.86. The molecule has 3 rings (SSSR count). The van der Waals surface area contributed by atoms with Gasteiger partial charge in [-0.05, 0) is 51.0 Å². The van der Waals surface area contributed by atoms with Crippen molar-refractivity contribution in [1.82, 2.24) is 14.4 Å². The first-order chi connectivity index (χ1) is 12.1. The number of rotatable bonds is 6. The number of thiazole rings is 1. The summed E-state index contributed by atoms with van der Waals surface area (Å²) in [5.74, 6) is 0. The molecule has 0 aliphatic carbocycles. The quantitative estimate of drug-likeness (QED) is 0.570. The summed E-state index contributed by atoms with van der Waals surface area (Å²) in [6.07, 6.45) is 12.5. The number of fused-ring (bicyclic) bond motifs is 1. The zero-order valence-electron chi connectivity index (χ0n) is 15.0. The number of aromatic nitrogens is 3. The molecule has 25 heavy (non-hydrogen) atoms. The number of hydrogen-bond acceptors (Lipinski definition) is 4. The second kappa shape index (κ2) is 7.76. The van der Waals surface area contributed by atoms with Gasteiger partial charge in [0.25, 0.3) is 0 Å². The number of pyridine rings is 1. The summed E-state index contributed by atoms with van der Waals surface area (Å²) in [6.45, 7) is 8.21. The highest BCUT2D eigenvalue weighted by Crippen LogP contribution is 2.26. The molecule has 0 fully saturated rings. The molecule has 0 spiro atoms. The summed E-state index contributed by atoms with van der Waals surface area (Å²) in [7, 11) is 0. The highest BCUT2D eigenvalue weighted by atomic mass is 32.1. The minimum atomic E-state index is 0.0861. The molecule has 1 unspecified atom stereocenters. The molecule has 0 N–H and O–H groups in total. The fraction of sp³-hybridized carbons (Fsp3) is 0.300. The van der Waals surface area contributed by atoms with Crippen LogP contribution in [0.3, 0.4) is 0 Å². The third-order valence-electron chi connectivity index (χ3n) is 3.88. The average molecular weight is 353 g/mol. The second-order valence-electron chi connectivity index (χ2n) is 6.15. The van der Waals surface area contributed by atoms with Gasteiger partial charge in [0, 0.05) is 12.4 Å². The van der Waals surface area contributed by atoms with Crippen LogP contribution in [-0.2, 0) is 4.74 Å². The van der Waals surface area contributed by atoms with Crippen LogP contribution in [0, 0.1) is 0 Å². The molecule has 0 radical (unpaired) electrons. The van der Waals surface area contributed by atoms with E-state index in [1.54, 1.807) is 11.3 Å². The lowest BCUT2D eigenvalue weighted by Gasteiger charge is -2.12. The van der Waals surface area contributed by atoms with E-state index in [0.717, 1.165) is 27.4 Å². The molecular weight excluding hydrogens is 330 g/mol. The van der Waals surface area contributed by atoms with E-state index in [9.17, 15) is 0 Å². The van der Waals surface area contributed by atoms with Crippen LogP contribution in [0.25, 0.3) is 21.8 Å². The zero-order chi connectivity index (χ0) is 17.8. The number of nitrogens with zero attached hydrogens (tertiary/aromatic N) is 3. The topological polar surface area (TPSA) is 39.4 Å². The molecule has 0 aliphatic rings. The molecule has 3 heterocycles. The number of imidazole rings is 1. The molecule has 3 aromatic heterocycles. The van der Waals surface area contributed by atoms with Crippen LogP contribution >= 0.6 is 11.3 Å². The summed E-state index contributed by atoms with van der Waals surface area (Å²) >= 11 is 1.62. The Balaban J connectivity index is 1.87. The minimum absolute atomic E-state index is 0.0861. The van der Waals surface area contributed by atoms with Gasteiger partial charge in [-0.2, -0.15) is 0 Å². The molecule has 130 valence electrons. The molecule has 0 aliphatic heterocycles. The maximum Gasteiger partial charge on any atom is 0.137 e. The van der Waals surface area contributed by atoms with Crippen molar-refractivity contribution in [2.24, 2.45) is 0 Å². The van der Waals surface area contributed by atoms with Gasteiger partial charge in [-0.3, -0.25) is 9.38 Å². The van der Waals surface area contributed by atoms with Crippen molar-refractivity contribution >= 4 is 22.6 Å². The standard InChI is InChI=1S/C20H23N3OS/c1-5-16(7-6-15(4)24-14(2)3)17-8-9-23-18(11-22-20(23)10-17)19-12-21-13-25-19/h5-15H,1-4H3/b7-6-,16-5+. The first kappa shape index (κ1) is 17.6. The number of allylic oxidation sites excluding steroid dienone is 3. The Labute approximate surface area is 152 Å². The third kappa shape index (κ3) is 4.06. The maximum atomic E-state index is 5.76. The second-order valence-corrected chi connectivity index (χ2v) is 7.03. The van der Waals surface area contributed by atoms with Crippen LogP contribution in [-0.4, -0.2) is 26.6 Å². The monoisotopic (exact) mass is 353 g/mol. The Morgan fingerprint density at radius 1 is 1.28 bits per heavy atom. The SMILES string of the molecule is C/C=C(\C=C/C(C)OC(C)C)c1ccn2c(-c3cncs3)cnc2c1. The van der Waals surface area contributed by atoms with Gasteiger partial charge in [0.15, 0.2) is 0 Å². The van der Waals surface area contributed by atoms with Crippen molar-refractivity contribution in [1.29, 1.82) is 0 Å². The van der Waals surface area contributed by atoms with Gasteiger partial charge < -0.3 is 4.74 Å². The Morgan fingerprint density at radius 3 is 2.80 bits per heavy atom. The highest BCUT2D eigenvalue weighted by molar-refractivity contribution is 7.13. The van der Waals surface area contributed by atoms with E-state index in [2.05, 4.69) is 57.9 Å². The molecule has 0 aromatic carbocycles. The molecule has 1 atom stereocenters. The van der Waals surface area contributed by atoms with E-state index < -0.39 is 0 Å². The smallest absolute Gasteiger partial charge is 0.137 e. The predicted octanol–water partition coefficient (Wildman–Crippen LogP) is 5.23. The average Bonchev–Trinajstić information content (AvgIpc) is 3.23. The van der Waals surface area contributed by atoms with Crippen molar-refractivity contribution < 1.29 is 4.74 Å². The van der Waals surface area contributed by atoms with Gasteiger partial charge in [-0.1, -0.05) is 18.2 Å². The Bertz CT molecular complexity index is 891. The molecule has 3 aromatic rings. The lowest BCUT2D eigenvalue weighted by Crippen LogP contribution is -2.11. The van der Waals surface area contributed by atoms with E-state index in [1.807, 2.05) is 38.7 Å². The third-order valence-corrected chi connectivity index (χ3v) is 4.67. The van der Waals surface area contributed by atoms with Crippen LogP contribution in [0.1, 0.15) is 33.3 Å². The van der Waals surface area contributed by atoms with E-state index >= 15 is 0 Å². The van der Waals surface area contributed by atoms with E-state index in [0.29, 0.717) is 0 Å². The molecule has 0 bridgehead atoms. The Kier molecular flexibility index (Phi) is 5.46. The predicted molar refractivity (Wildman–Crippen MR) is 105 cm³/mol. The lowest BCUT2D eigenvalue weighted by atomic mass is 10.1. The van der Waals surface area contributed by atoms with Gasteiger partial charge >= 0.3 is 0 Å². The van der Waals surface area contributed by atoms with Gasteiger partial charge in [0.2, 0.25) is 0 Å². The first-order valence-corrected chi connectivity index (χ1v) is 9.32. The van der Waals surface area contributed by atoms with Crippen molar-refractivity contribution in [3.8, 4) is 10.6 Å². The Morgan fingerprint density at radius 2 is 2.12 bits per heavy atom. The molecule has 5 heteroatoms. The molecule has 0 amide bonds.